The normalized spacial score (nSPS) is 14.5. The van der Waals surface area contributed by atoms with Gasteiger partial charge in [0.15, 0.2) is 0 Å². The Bertz CT molecular complexity index is 834. The molecule has 0 bridgehead atoms. The van der Waals surface area contributed by atoms with Crippen molar-refractivity contribution in [3.8, 4) is 0 Å². The lowest BCUT2D eigenvalue weighted by Crippen LogP contribution is -2.45. The number of halogens is 2. The fourth-order valence-corrected chi connectivity index (χ4v) is 2.66. The summed E-state index contributed by atoms with van der Waals surface area (Å²) in [5.41, 5.74) is 0.424. The van der Waals surface area contributed by atoms with E-state index in [1.54, 1.807) is 12.1 Å². The summed E-state index contributed by atoms with van der Waals surface area (Å²) in [6.45, 7) is 1.41. The molecular formula is C17H12ClFN2O3. The molecule has 1 aliphatic heterocycles. The Hall–Kier alpha value is -2.73. The molecule has 0 aromatic heterocycles. The van der Waals surface area contributed by atoms with Crippen LogP contribution in [0.5, 0.6) is 0 Å². The van der Waals surface area contributed by atoms with E-state index in [1.165, 1.54) is 31.2 Å². The molecule has 1 atom stereocenters. The van der Waals surface area contributed by atoms with Gasteiger partial charge in [0.05, 0.1) is 16.8 Å². The van der Waals surface area contributed by atoms with Crippen molar-refractivity contribution >= 4 is 35.0 Å². The zero-order chi connectivity index (χ0) is 17.4. The summed E-state index contributed by atoms with van der Waals surface area (Å²) >= 11 is 5.66. The van der Waals surface area contributed by atoms with Crippen molar-refractivity contribution < 1.29 is 18.8 Å². The topological polar surface area (TPSA) is 66.5 Å². The van der Waals surface area contributed by atoms with Gasteiger partial charge in [-0.05, 0) is 37.3 Å². The first kappa shape index (κ1) is 16.1. The van der Waals surface area contributed by atoms with Crippen molar-refractivity contribution in [2.75, 3.05) is 5.32 Å². The van der Waals surface area contributed by atoms with Gasteiger partial charge in [-0.2, -0.15) is 0 Å². The molecule has 1 aliphatic rings. The summed E-state index contributed by atoms with van der Waals surface area (Å²) in [6.07, 6.45) is 0. The second-order valence-corrected chi connectivity index (χ2v) is 5.75. The Balaban J connectivity index is 1.82. The highest BCUT2D eigenvalue weighted by atomic mass is 35.5. The molecule has 0 unspecified atom stereocenters. The van der Waals surface area contributed by atoms with Gasteiger partial charge in [0.1, 0.15) is 11.9 Å². The van der Waals surface area contributed by atoms with Gasteiger partial charge < -0.3 is 5.32 Å². The number of imide groups is 1. The number of carbonyl (C=O) groups excluding carboxylic acids is 3. The van der Waals surface area contributed by atoms with E-state index < -0.39 is 29.6 Å². The highest BCUT2D eigenvalue weighted by Gasteiger charge is 2.40. The first-order chi connectivity index (χ1) is 11.4. The summed E-state index contributed by atoms with van der Waals surface area (Å²) in [6, 6.07) is 9.04. The minimum Gasteiger partial charge on any atom is -0.322 e. The maximum Gasteiger partial charge on any atom is 0.262 e. The third-order valence-corrected chi connectivity index (χ3v) is 4.02. The molecule has 24 heavy (non-hydrogen) atoms. The van der Waals surface area contributed by atoms with E-state index in [4.69, 9.17) is 11.6 Å². The zero-order valence-corrected chi connectivity index (χ0v) is 13.3. The highest BCUT2D eigenvalue weighted by Crippen LogP contribution is 2.25. The average molecular weight is 347 g/mol. The van der Waals surface area contributed by atoms with E-state index in [1.807, 2.05) is 0 Å². The number of hydrogen-bond acceptors (Lipinski definition) is 3. The largest absolute Gasteiger partial charge is 0.322 e. The fourth-order valence-electron chi connectivity index (χ4n) is 2.50. The van der Waals surface area contributed by atoms with Gasteiger partial charge in [-0.1, -0.05) is 23.7 Å². The third-order valence-electron chi connectivity index (χ3n) is 3.78. The molecule has 0 saturated carbocycles. The van der Waals surface area contributed by atoms with Crippen molar-refractivity contribution in [2.24, 2.45) is 0 Å². The van der Waals surface area contributed by atoms with E-state index >= 15 is 0 Å². The van der Waals surface area contributed by atoms with E-state index in [2.05, 4.69) is 5.32 Å². The van der Waals surface area contributed by atoms with E-state index in [0.717, 1.165) is 11.0 Å². The maximum atomic E-state index is 13.8. The molecular weight excluding hydrogens is 335 g/mol. The number of rotatable bonds is 3. The Kier molecular flexibility index (Phi) is 4.07. The van der Waals surface area contributed by atoms with Crippen molar-refractivity contribution in [1.29, 1.82) is 0 Å². The summed E-state index contributed by atoms with van der Waals surface area (Å²) in [4.78, 5) is 37.9. The molecule has 5 nitrogen and oxygen atoms in total. The van der Waals surface area contributed by atoms with Crippen molar-refractivity contribution in [3.63, 3.8) is 0 Å². The molecule has 3 rings (SSSR count). The number of amides is 3. The molecule has 3 amide bonds. The maximum absolute atomic E-state index is 13.8. The molecule has 0 saturated heterocycles. The van der Waals surface area contributed by atoms with Crippen LogP contribution in [0.15, 0.2) is 42.5 Å². The lowest BCUT2D eigenvalue weighted by molar-refractivity contribution is -0.119. The molecule has 2 aromatic carbocycles. The van der Waals surface area contributed by atoms with Crippen LogP contribution in [-0.4, -0.2) is 28.7 Å². The van der Waals surface area contributed by atoms with Gasteiger partial charge >= 0.3 is 0 Å². The number of nitrogens with zero attached hydrogens (tertiary/aromatic N) is 1. The third kappa shape index (κ3) is 2.65. The van der Waals surface area contributed by atoms with Crippen LogP contribution >= 0.6 is 11.6 Å². The summed E-state index contributed by atoms with van der Waals surface area (Å²) in [5.74, 6) is -2.47. The van der Waals surface area contributed by atoms with Crippen LogP contribution in [0.3, 0.4) is 0 Å². The smallest absolute Gasteiger partial charge is 0.262 e. The van der Waals surface area contributed by atoms with Crippen LogP contribution in [0.25, 0.3) is 0 Å². The van der Waals surface area contributed by atoms with Gasteiger partial charge in [-0.15, -0.1) is 0 Å². The van der Waals surface area contributed by atoms with Gasteiger partial charge in [-0.25, -0.2) is 4.39 Å². The number of carbonyl (C=O) groups is 3. The Morgan fingerprint density at radius 1 is 1.12 bits per heavy atom. The number of anilines is 1. The van der Waals surface area contributed by atoms with Crippen molar-refractivity contribution in [2.45, 2.75) is 13.0 Å². The zero-order valence-electron chi connectivity index (χ0n) is 12.5. The lowest BCUT2D eigenvalue weighted by atomic mass is 10.1. The second kappa shape index (κ2) is 6.05. The second-order valence-electron chi connectivity index (χ2n) is 5.32. The Morgan fingerprint density at radius 2 is 1.71 bits per heavy atom. The van der Waals surface area contributed by atoms with Crippen LogP contribution in [0, 0.1) is 5.82 Å². The Morgan fingerprint density at radius 3 is 2.25 bits per heavy atom. The van der Waals surface area contributed by atoms with Gasteiger partial charge in [0.2, 0.25) is 5.91 Å². The molecule has 0 aliphatic carbocycles. The molecule has 2 aromatic rings. The monoisotopic (exact) mass is 346 g/mol. The van der Waals surface area contributed by atoms with E-state index in [9.17, 15) is 18.8 Å². The number of fused-ring (bicyclic) bond motifs is 1. The minimum atomic E-state index is -1.09. The first-order valence-electron chi connectivity index (χ1n) is 7.13. The van der Waals surface area contributed by atoms with Crippen LogP contribution in [0.1, 0.15) is 27.6 Å². The quantitative estimate of drug-likeness (QED) is 0.868. The van der Waals surface area contributed by atoms with Crippen molar-refractivity contribution in [1.82, 2.24) is 4.90 Å². The molecule has 0 radical (unpaired) electrons. The SMILES string of the molecule is C[C@@H](C(=O)Nc1ccc(Cl)cc1F)N1C(=O)c2ccccc2C1=O. The Labute approximate surface area is 142 Å². The summed E-state index contributed by atoms with van der Waals surface area (Å²) in [7, 11) is 0. The summed E-state index contributed by atoms with van der Waals surface area (Å²) in [5, 5.41) is 2.56. The fraction of sp³-hybridized carbons (Fsp3) is 0.118. The molecule has 0 fully saturated rings. The molecule has 122 valence electrons. The van der Waals surface area contributed by atoms with E-state index in [-0.39, 0.29) is 21.8 Å². The molecule has 7 heteroatoms. The van der Waals surface area contributed by atoms with Gasteiger partial charge in [-0.3, -0.25) is 19.3 Å². The molecule has 1 N–H and O–H groups in total. The van der Waals surface area contributed by atoms with Gasteiger partial charge in [0.25, 0.3) is 11.8 Å². The minimum absolute atomic E-state index is 0.0761. The van der Waals surface area contributed by atoms with Gasteiger partial charge in [0, 0.05) is 5.02 Å². The summed E-state index contributed by atoms with van der Waals surface area (Å²) < 4.78 is 13.8. The number of benzene rings is 2. The molecule has 1 heterocycles. The predicted octanol–water partition coefficient (Wildman–Crippen LogP) is 3.10. The number of hydrogen-bond donors (Lipinski definition) is 1. The number of nitrogens with one attached hydrogen (secondary N) is 1. The molecule has 0 spiro atoms. The van der Waals surface area contributed by atoms with Crippen LogP contribution < -0.4 is 5.32 Å². The van der Waals surface area contributed by atoms with Crippen molar-refractivity contribution in [3.05, 3.63) is 64.4 Å². The standard InChI is InChI=1S/C17H12ClFN2O3/c1-9(15(22)20-14-7-6-10(18)8-13(14)19)21-16(23)11-4-2-3-5-12(11)17(21)24/h2-9H,1H3,(H,20,22)/t9-/m0/s1. The van der Waals surface area contributed by atoms with Crippen LogP contribution in [-0.2, 0) is 4.79 Å². The average Bonchev–Trinajstić information content (AvgIpc) is 2.81. The van der Waals surface area contributed by atoms with Crippen LogP contribution in [0.4, 0.5) is 10.1 Å². The van der Waals surface area contributed by atoms with E-state index in [0.29, 0.717) is 0 Å². The lowest BCUT2D eigenvalue weighted by Gasteiger charge is -2.21. The first-order valence-corrected chi connectivity index (χ1v) is 7.51. The highest BCUT2D eigenvalue weighted by molar-refractivity contribution is 6.30. The van der Waals surface area contributed by atoms with Crippen LogP contribution in [0.2, 0.25) is 5.02 Å². The predicted molar refractivity (Wildman–Crippen MR) is 86.4 cm³/mol.